The van der Waals surface area contributed by atoms with Gasteiger partial charge in [-0.2, -0.15) is 0 Å². The molecule has 0 atom stereocenters. The van der Waals surface area contributed by atoms with Gasteiger partial charge in [0, 0.05) is 0 Å². The van der Waals surface area contributed by atoms with Crippen LogP contribution < -0.4 is 0 Å². The smallest absolute Gasteiger partial charge is 0.269 e. The number of fused-ring (bicyclic) bond motifs is 1. The van der Waals surface area contributed by atoms with Crippen molar-refractivity contribution in [3.8, 4) is 0 Å². The number of Topliss-reactive ketones (excluding diaryl/α,β-unsaturated/α-hetero) is 1. The van der Waals surface area contributed by atoms with Gasteiger partial charge in [0.05, 0.1) is 14.8 Å². The zero-order valence-corrected chi connectivity index (χ0v) is 12.8. The fourth-order valence-corrected chi connectivity index (χ4v) is 4.56. The van der Waals surface area contributed by atoms with Crippen molar-refractivity contribution in [1.29, 1.82) is 0 Å². The molecule has 1 aromatic heterocycles. The molecule has 0 radical (unpaired) electrons. The Hall–Kier alpha value is -1.70. The van der Waals surface area contributed by atoms with Crippen molar-refractivity contribution in [3.63, 3.8) is 0 Å². The number of halogens is 1. The average molecular weight is 342 g/mol. The Balaban J connectivity index is 1.94. The van der Waals surface area contributed by atoms with Crippen LogP contribution in [0.5, 0.6) is 0 Å². The SMILES string of the molecule is O=C(CN1C(=O)c2ccccc2S1(=O)=O)c1ccc(Cl)s1. The fraction of sp³-hybridized carbons (Fsp3) is 0.0769. The second-order valence-corrected chi connectivity index (χ2v) is 7.89. The van der Waals surface area contributed by atoms with Gasteiger partial charge >= 0.3 is 0 Å². The first kappa shape index (κ1) is 14.2. The largest absolute Gasteiger partial charge is 0.291 e. The highest BCUT2D eigenvalue weighted by molar-refractivity contribution is 7.90. The van der Waals surface area contributed by atoms with Crippen LogP contribution in [0.15, 0.2) is 41.3 Å². The van der Waals surface area contributed by atoms with Crippen LogP contribution in [0.4, 0.5) is 0 Å². The maximum atomic E-state index is 12.3. The second-order valence-electron chi connectivity index (χ2n) is 4.34. The van der Waals surface area contributed by atoms with E-state index in [0.717, 1.165) is 11.3 Å². The van der Waals surface area contributed by atoms with Crippen LogP contribution in [0.1, 0.15) is 20.0 Å². The molecule has 2 aromatic rings. The third kappa shape index (κ3) is 2.27. The molecular formula is C13H8ClNO4S2. The Kier molecular flexibility index (Phi) is 3.35. The zero-order chi connectivity index (χ0) is 15.2. The van der Waals surface area contributed by atoms with E-state index in [0.29, 0.717) is 13.5 Å². The van der Waals surface area contributed by atoms with E-state index in [1.54, 1.807) is 12.1 Å². The number of amides is 1. The van der Waals surface area contributed by atoms with Crippen LogP contribution in [-0.2, 0) is 10.0 Å². The summed E-state index contributed by atoms with van der Waals surface area (Å²) >= 11 is 6.79. The summed E-state index contributed by atoms with van der Waals surface area (Å²) in [4.78, 5) is 24.5. The van der Waals surface area contributed by atoms with Gasteiger partial charge in [0.1, 0.15) is 11.4 Å². The topological polar surface area (TPSA) is 71.5 Å². The van der Waals surface area contributed by atoms with E-state index in [2.05, 4.69) is 0 Å². The van der Waals surface area contributed by atoms with E-state index < -0.39 is 28.3 Å². The number of carbonyl (C=O) groups is 2. The Morgan fingerprint density at radius 3 is 2.52 bits per heavy atom. The zero-order valence-electron chi connectivity index (χ0n) is 10.4. The molecule has 5 nitrogen and oxygen atoms in total. The van der Waals surface area contributed by atoms with E-state index >= 15 is 0 Å². The lowest BCUT2D eigenvalue weighted by Crippen LogP contribution is -2.34. The molecule has 8 heteroatoms. The molecule has 108 valence electrons. The van der Waals surface area contributed by atoms with Gasteiger partial charge in [-0.1, -0.05) is 23.7 Å². The molecule has 0 bridgehead atoms. The summed E-state index contributed by atoms with van der Waals surface area (Å²) < 4.78 is 25.6. The summed E-state index contributed by atoms with van der Waals surface area (Å²) in [7, 11) is -3.96. The molecule has 0 saturated heterocycles. The number of hydrogen-bond donors (Lipinski definition) is 0. The lowest BCUT2D eigenvalue weighted by atomic mass is 10.2. The van der Waals surface area contributed by atoms with Crippen molar-refractivity contribution in [3.05, 3.63) is 51.2 Å². The number of nitrogens with zero attached hydrogens (tertiary/aromatic N) is 1. The van der Waals surface area contributed by atoms with Gasteiger partial charge in [0.25, 0.3) is 15.9 Å². The molecular weight excluding hydrogens is 334 g/mol. The minimum Gasteiger partial charge on any atom is -0.291 e. The first-order valence-corrected chi connectivity index (χ1v) is 8.49. The molecule has 2 heterocycles. The van der Waals surface area contributed by atoms with Crippen molar-refractivity contribution in [2.75, 3.05) is 6.54 Å². The number of thiophene rings is 1. The van der Waals surface area contributed by atoms with Gasteiger partial charge in [0.15, 0.2) is 5.78 Å². The van der Waals surface area contributed by atoms with Crippen LogP contribution in [-0.4, -0.2) is 31.0 Å². The standard InChI is InChI=1S/C13H8ClNO4S2/c14-12-6-5-10(20-12)9(16)7-15-13(17)8-3-1-2-4-11(8)21(15,18)19/h1-6H,7H2. The average Bonchev–Trinajstić information content (AvgIpc) is 2.96. The number of rotatable bonds is 3. The predicted molar refractivity (Wildman–Crippen MR) is 78.3 cm³/mol. The lowest BCUT2D eigenvalue weighted by Gasteiger charge is -2.13. The van der Waals surface area contributed by atoms with Gasteiger partial charge in [0.2, 0.25) is 0 Å². The normalized spacial score (nSPS) is 16.0. The fourth-order valence-electron chi connectivity index (χ4n) is 2.06. The Labute approximate surface area is 129 Å². The minimum atomic E-state index is -3.96. The number of sulfonamides is 1. The molecule has 21 heavy (non-hydrogen) atoms. The van der Waals surface area contributed by atoms with Gasteiger partial charge in [-0.3, -0.25) is 9.59 Å². The van der Waals surface area contributed by atoms with Crippen molar-refractivity contribution in [2.24, 2.45) is 0 Å². The van der Waals surface area contributed by atoms with E-state index in [1.165, 1.54) is 24.3 Å². The number of hydrogen-bond acceptors (Lipinski definition) is 5. The van der Waals surface area contributed by atoms with Crippen LogP contribution >= 0.6 is 22.9 Å². The molecule has 1 amide bonds. The summed E-state index contributed by atoms with van der Waals surface area (Å²) in [5.41, 5.74) is 0.0921. The molecule has 0 aliphatic carbocycles. The highest BCUT2D eigenvalue weighted by atomic mass is 35.5. The molecule has 1 aliphatic heterocycles. The maximum Gasteiger partial charge on any atom is 0.269 e. The lowest BCUT2D eigenvalue weighted by molar-refractivity contribution is 0.0822. The highest BCUT2D eigenvalue weighted by Crippen LogP contribution is 2.30. The maximum absolute atomic E-state index is 12.3. The van der Waals surface area contributed by atoms with Crippen molar-refractivity contribution >= 4 is 44.7 Å². The van der Waals surface area contributed by atoms with Crippen LogP contribution in [0.2, 0.25) is 4.34 Å². The molecule has 0 N–H and O–H groups in total. The third-order valence-corrected chi connectivity index (χ3v) is 6.11. The second kappa shape index (κ2) is 4.94. The van der Waals surface area contributed by atoms with Crippen LogP contribution in [0, 0.1) is 0 Å². The van der Waals surface area contributed by atoms with Gasteiger partial charge < -0.3 is 0 Å². The molecule has 1 aliphatic rings. The highest BCUT2D eigenvalue weighted by Gasteiger charge is 2.41. The van der Waals surface area contributed by atoms with E-state index in [1.807, 2.05) is 0 Å². The summed E-state index contributed by atoms with van der Waals surface area (Å²) in [5.74, 6) is -1.14. The van der Waals surface area contributed by atoms with Gasteiger partial charge in [-0.25, -0.2) is 12.7 Å². The monoisotopic (exact) mass is 341 g/mol. The summed E-state index contributed by atoms with van der Waals surface area (Å²) in [6.45, 7) is -0.521. The summed E-state index contributed by atoms with van der Waals surface area (Å²) in [6, 6.07) is 8.96. The molecule has 0 unspecified atom stereocenters. The van der Waals surface area contributed by atoms with Crippen molar-refractivity contribution in [1.82, 2.24) is 4.31 Å². The molecule has 3 rings (SSSR count). The van der Waals surface area contributed by atoms with E-state index in [9.17, 15) is 18.0 Å². The molecule has 1 aromatic carbocycles. The predicted octanol–water partition coefficient (Wildman–Crippen LogP) is 2.43. The van der Waals surface area contributed by atoms with Crippen LogP contribution in [0.25, 0.3) is 0 Å². The van der Waals surface area contributed by atoms with Gasteiger partial charge in [-0.15, -0.1) is 11.3 Å². The molecule has 0 fully saturated rings. The summed E-state index contributed by atoms with van der Waals surface area (Å²) in [6.07, 6.45) is 0. The molecule has 0 saturated carbocycles. The minimum absolute atomic E-state index is 0.0630. The van der Waals surface area contributed by atoms with Crippen LogP contribution in [0.3, 0.4) is 0 Å². The van der Waals surface area contributed by atoms with Crippen molar-refractivity contribution in [2.45, 2.75) is 4.90 Å². The quantitative estimate of drug-likeness (QED) is 0.804. The van der Waals surface area contributed by atoms with E-state index in [4.69, 9.17) is 11.6 Å². The summed E-state index contributed by atoms with van der Waals surface area (Å²) in [5, 5.41) is 0. The number of benzene rings is 1. The number of carbonyl (C=O) groups excluding carboxylic acids is 2. The molecule has 0 spiro atoms. The van der Waals surface area contributed by atoms with E-state index in [-0.39, 0.29) is 10.5 Å². The Morgan fingerprint density at radius 2 is 1.90 bits per heavy atom. The first-order chi connectivity index (χ1) is 9.91. The van der Waals surface area contributed by atoms with Crippen molar-refractivity contribution < 1.29 is 18.0 Å². The Morgan fingerprint density at radius 1 is 1.19 bits per heavy atom. The number of ketones is 1. The van der Waals surface area contributed by atoms with Gasteiger partial charge in [-0.05, 0) is 24.3 Å². The first-order valence-electron chi connectivity index (χ1n) is 5.86. The Bertz CT molecular complexity index is 857. The third-order valence-electron chi connectivity index (χ3n) is 3.05.